The summed E-state index contributed by atoms with van der Waals surface area (Å²) in [7, 11) is -4.01. The van der Waals surface area contributed by atoms with Gasteiger partial charge in [0, 0.05) is 31.9 Å². The van der Waals surface area contributed by atoms with Gasteiger partial charge in [0.25, 0.3) is 0 Å². The zero-order valence-electron chi connectivity index (χ0n) is 24.0. The van der Waals surface area contributed by atoms with E-state index in [0.29, 0.717) is 11.6 Å². The van der Waals surface area contributed by atoms with E-state index in [-0.39, 0.29) is 31.1 Å². The lowest BCUT2D eigenvalue weighted by atomic mass is 10.0. The van der Waals surface area contributed by atoms with Crippen LogP contribution in [0, 0.1) is 0 Å². The van der Waals surface area contributed by atoms with Gasteiger partial charge in [-0.25, -0.2) is 13.2 Å². The van der Waals surface area contributed by atoms with E-state index < -0.39 is 28.0 Å². The van der Waals surface area contributed by atoms with Crippen LogP contribution in [0.1, 0.15) is 49.8 Å². The second kappa shape index (κ2) is 14.7. The minimum absolute atomic E-state index is 0.0408. The summed E-state index contributed by atoms with van der Waals surface area (Å²) in [5, 5.41) is 5.62. The van der Waals surface area contributed by atoms with Crippen LogP contribution in [0.25, 0.3) is 0 Å². The van der Waals surface area contributed by atoms with Gasteiger partial charge in [0.15, 0.2) is 0 Å². The number of sulfonamides is 1. The highest BCUT2D eigenvalue weighted by Crippen LogP contribution is 2.23. The van der Waals surface area contributed by atoms with Crippen molar-refractivity contribution in [3.05, 3.63) is 102 Å². The molecule has 0 bridgehead atoms. The maximum Gasteiger partial charge on any atom is 0.321 e. The van der Waals surface area contributed by atoms with Crippen molar-refractivity contribution in [2.24, 2.45) is 5.73 Å². The molecule has 2 aromatic rings. The Balaban J connectivity index is 1.85. The van der Waals surface area contributed by atoms with E-state index in [1.54, 1.807) is 30.3 Å². The van der Waals surface area contributed by atoms with Crippen molar-refractivity contribution < 1.29 is 18.0 Å². The first-order valence-corrected chi connectivity index (χ1v) is 15.3. The largest absolute Gasteiger partial charge is 0.405 e. The van der Waals surface area contributed by atoms with Crippen molar-refractivity contribution >= 4 is 22.0 Å². The van der Waals surface area contributed by atoms with Crippen LogP contribution >= 0.6 is 0 Å². The molecule has 0 unspecified atom stereocenters. The normalized spacial score (nSPS) is 16.6. The number of nitrogens with zero attached hydrogens (tertiary/aromatic N) is 2. The van der Waals surface area contributed by atoms with Crippen molar-refractivity contribution in [2.45, 2.75) is 57.0 Å². The molecular formula is C31H41N5O4S. The van der Waals surface area contributed by atoms with Gasteiger partial charge in [-0.1, -0.05) is 76.2 Å². The molecule has 41 heavy (non-hydrogen) atoms. The zero-order valence-corrected chi connectivity index (χ0v) is 24.9. The van der Waals surface area contributed by atoms with Crippen LogP contribution in [0.4, 0.5) is 4.79 Å². The topological polar surface area (TPSA) is 125 Å². The van der Waals surface area contributed by atoms with Gasteiger partial charge < -0.3 is 21.3 Å². The molecule has 0 aliphatic carbocycles. The summed E-state index contributed by atoms with van der Waals surface area (Å²) in [4.78, 5) is 28.2. The third-order valence-electron chi connectivity index (χ3n) is 6.93. The number of carbonyl (C=O) groups excluding carboxylic acids is 2. The lowest BCUT2D eigenvalue weighted by Crippen LogP contribution is -2.62. The van der Waals surface area contributed by atoms with E-state index in [2.05, 4.69) is 38.0 Å². The third-order valence-corrected chi connectivity index (χ3v) is 8.85. The van der Waals surface area contributed by atoms with Gasteiger partial charge in [0.05, 0.1) is 4.90 Å². The fourth-order valence-corrected chi connectivity index (χ4v) is 6.17. The number of nitrogens with two attached hydrogens (primary N) is 1. The summed E-state index contributed by atoms with van der Waals surface area (Å²) in [6.07, 6.45) is 7.68. The van der Waals surface area contributed by atoms with Gasteiger partial charge in [0.1, 0.15) is 6.04 Å². The first kappa shape index (κ1) is 31.6. The molecule has 0 spiro atoms. The molecule has 1 aliphatic heterocycles. The van der Waals surface area contributed by atoms with Gasteiger partial charge >= 0.3 is 6.03 Å². The number of urea groups is 1. The Morgan fingerprint density at radius 1 is 1.07 bits per heavy atom. The Morgan fingerprint density at radius 3 is 2.32 bits per heavy atom. The molecule has 10 heteroatoms. The molecule has 1 atom stereocenters. The predicted octanol–water partition coefficient (Wildman–Crippen LogP) is 4.01. The van der Waals surface area contributed by atoms with Crippen LogP contribution in [-0.2, 0) is 27.8 Å². The van der Waals surface area contributed by atoms with E-state index in [0.717, 1.165) is 24.0 Å². The molecule has 0 saturated carbocycles. The maximum atomic E-state index is 13.8. The van der Waals surface area contributed by atoms with E-state index in [1.807, 2.05) is 24.3 Å². The van der Waals surface area contributed by atoms with Crippen LogP contribution in [0.5, 0.6) is 0 Å². The van der Waals surface area contributed by atoms with Crippen LogP contribution in [0.3, 0.4) is 0 Å². The summed E-state index contributed by atoms with van der Waals surface area (Å²) >= 11 is 0. The molecular weight excluding hydrogens is 538 g/mol. The average Bonchev–Trinajstić information content (AvgIpc) is 2.96. The molecule has 3 rings (SSSR count). The number of benzene rings is 2. The van der Waals surface area contributed by atoms with Crippen molar-refractivity contribution in [1.29, 1.82) is 0 Å². The number of amides is 3. The molecule has 3 amide bonds. The summed E-state index contributed by atoms with van der Waals surface area (Å²) in [5.74, 6) is -0.0969. The Labute approximate surface area is 243 Å². The standard InChI is InChI=1S/C31H41N5O4S/c1-5-7-24-11-15-28(16-12-24)41(39,40)36-20-19-35(31(38)34-27(8-6-2)17-18-32)22-29(36)30(37)33-21-25-9-13-26(14-10-25)23(3)4/h6,8-18,23,29H,2,5,7,19-22,32H2,1,3-4H3,(H,33,37)(H,34,38)/b18-17-,27-8+/t29-/m1/s1. The zero-order chi connectivity index (χ0) is 30.0. The number of hydrogen-bond acceptors (Lipinski definition) is 5. The van der Waals surface area contributed by atoms with Crippen LogP contribution in [-0.4, -0.2) is 55.2 Å². The third kappa shape index (κ3) is 8.31. The highest BCUT2D eigenvalue weighted by molar-refractivity contribution is 7.89. The quantitative estimate of drug-likeness (QED) is 0.347. The minimum Gasteiger partial charge on any atom is -0.405 e. The van der Waals surface area contributed by atoms with Gasteiger partial charge in [-0.2, -0.15) is 4.31 Å². The summed E-state index contributed by atoms with van der Waals surface area (Å²) in [5.41, 5.74) is 9.02. The Morgan fingerprint density at radius 2 is 1.73 bits per heavy atom. The molecule has 1 heterocycles. The number of allylic oxidation sites excluding steroid dienone is 3. The first-order chi connectivity index (χ1) is 19.6. The van der Waals surface area contributed by atoms with E-state index >= 15 is 0 Å². The van der Waals surface area contributed by atoms with Crippen LogP contribution in [0.15, 0.2) is 90.1 Å². The molecule has 1 aliphatic rings. The number of aryl methyl sites for hydroxylation is 1. The van der Waals surface area contributed by atoms with Crippen molar-refractivity contribution in [3.63, 3.8) is 0 Å². The Kier molecular flexibility index (Phi) is 11.3. The highest BCUT2D eigenvalue weighted by atomic mass is 32.2. The number of rotatable bonds is 11. The fraction of sp³-hybridized carbons (Fsp3) is 0.355. The second-order valence-corrected chi connectivity index (χ2v) is 12.1. The van der Waals surface area contributed by atoms with Crippen molar-refractivity contribution in [1.82, 2.24) is 19.8 Å². The molecule has 0 radical (unpaired) electrons. The second-order valence-electron chi connectivity index (χ2n) is 10.2. The highest BCUT2D eigenvalue weighted by Gasteiger charge is 2.41. The van der Waals surface area contributed by atoms with Gasteiger partial charge in [-0.15, -0.1) is 0 Å². The molecule has 2 aromatic carbocycles. The Hall–Kier alpha value is -3.89. The van der Waals surface area contributed by atoms with Gasteiger partial charge in [-0.05, 0) is 59.5 Å². The molecule has 220 valence electrons. The number of piperazine rings is 1. The smallest absolute Gasteiger partial charge is 0.321 e. The summed E-state index contributed by atoms with van der Waals surface area (Å²) < 4.78 is 28.7. The lowest BCUT2D eigenvalue weighted by molar-refractivity contribution is -0.126. The van der Waals surface area contributed by atoms with Crippen LogP contribution < -0.4 is 16.4 Å². The minimum atomic E-state index is -4.01. The molecule has 9 nitrogen and oxygen atoms in total. The molecule has 4 N–H and O–H groups in total. The fourth-order valence-electron chi connectivity index (χ4n) is 4.60. The SMILES string of the molecule is C=C/C=C(\C=C/N)NC(=O)N1CCN(S(=O)(=O)c2ccc(CCC)cc2)[C@@H](C(=O)NCc2ccc(C(C)C)cc2)C1. The van der Waals surface area contributed by atoms with Crippen molar-refractivity contribution in [2.75, 3.05) is 19.6 Å². The lowest BCUT2D eigenvalue weighted by Gasteiger charge is -2.39. The summed E-state index contributed by atoms with van der Waals surface area (Å²) in [6, 6.07) is 13.1. The number of carbonyl (C=O) groups is 2. The number of hydrogen-bond donors (Lipinski definition) is 3. The molecule has 1 saturated heterocycles. The monoisotopic (exact) mass is 579 g/mol. The molecule has 0 aromatic heterocycles. The van der Waals surface area contributed by atoms with E-state index in [4.69, 9.17) is 5.73 Å². The van der Waals surface area contributed by atoms with E-state index in [1.165, 1.54) is 33.1 Å². The average molecular weight is 580 g/mol. The maximum absolute atomic E-state index is 13.8. The number of nitrogens with one attached hydrogen (secondary N) is 2. The van der Waals surface area contributed by atoms with Crippen molar-refractivity contribution in [3.8, 4) is 0 Å². The predicted molar refractivity (Wildman–Crippen MR) is 162 cm³/mol. The molecule has 1 fully saturated rings. The summed E-state index contributed by atoms with van der Waals surface area (Å²) in [6.45, 7) is 10.1. The van der Waals surface area contributed by atoms with Crippen LogP contribution in [0.2, 0.25) is 0 Å². The van der Waals surface area contributed by atoms with E-state index in [9.17, 15) is 18.0 Å². The Bertz CT molecular complexity index is 1370. The van der Waals surface area contributed by atoms with Gasteiger partial charge in [0.2, 0.25) is 15.9 Å². The first-order valence-electron chi connectivity index (χ1n) is 13.8. The van der Waals surface area contributed by atoms with Gasteiger partial charge in [-0.3, -0.25) is 4.79 Å².